The molecule has 0 aliphatic heterocycles. The number of nitrogens with zero attached hydrogens (tertiary/aromatic N) is 4. The van der Waals surface area contributed by atoms with Crippen LogP contribution in [0.5, 0.6) is 11.5 Å². The zero-order chi connectivity index (χ0) is 38.1. The zero-order valence-electron chi connectivity index (χ0n) is 33.4. The average molecular weight is 768 g/mol. The second-order valence-corrected chi connectivity index (χ2v) is 33.8. The molecule has 2 heterocycles. The van der Waals surface area contributed by atoms with Crippen molar-refractivity contribution >= 4 is 35.3 Å². The Morgan fingerprint density at radius 3 is 2.02 bits per heavy atom. The summed E-state index contributed by atoms with van der Waals surface area (Å²) in [5.41, 5.74) is 4.03. The van der Waals surface area contributed by atoms with Gasteiger partial charge in [0.05, 0.1) is 29.4 Å². The second kappa shape index (κ2) is 18.3. The summed E-state index contributed by atoms with van der Waals surface area (Å²) < 4.78 is 33.6. The third kappa shape index (κ3) is 12.2. The van der Waals surface area contributed by atoms with Crippen LogP contribution in [0.25, 0.3) is 33.7 Å². The van der Waals surface area contributed by atoms with Crippen molar-refractivity contribution in [3.05, 3.63) is 58.4 Å². The van der Waals surface area contributed by atoms with E-state index in [0.29, 0.717) is 54.9 Å². The smallest absolute Gasteiger partial charge is 0.280 e. The summed E-state index contributed by atoms with van der Waals surface area (Å²) >= 11 is 0. The van der Waals surface area contributed by atoms with Gasteiger partial charge in [-0.2, -0.15) is 5.10 Å². The van der Waals surface area contributed by atoms with Crippen LogP contribution < -0.4 is 20.3 Å². The molecule has 2 aromatic heterocycles. The minimum absolute atomic E-state index is 0.0214. The van der Waals surface area contributed by atoms with Gasteiger partial charge in [-0.05, 0) is 55.5 Å². The van der Waals surface area contributed by atoms with E-state index in [1.54, 1.807) is 7.11 Å². The predicted molar refractivity (Wildman–Crippen MR) is 220 cm³/mol. The number of para-hydroxylation sites is 2. The molecule has 0 saturated carbocycles. The molecule has 0 unspecified atom stereocenters. The summed E-state index contributed by atoms with van der Waals surface area (Å²) in [5, 5.41) is 8.10. The number of aromatic nitrogens is 4. The Hall–Kier alpha value is -3.12. The molecule has 14 heteroatoms. The predicted octanol–water partition coefficient (Wildman–Crippen LogP) is 7.97. The number of imidazole rings is 1. The summed E-state index contributed by atoms with van der Waals surface area (Å²) in [7, 11) is -0.349. The Kier molecular flexibility index (Phi) is 14.6. The number of hydrogen-bond acceptors (Lipinski definition) is 9. The highest BCUT2D eigenvalue weighted by Crippen LogP contribution is 2.37. The summed E-state index contributed by atoms with van der Waals surface area (Å²) in [6.45, 7) is 23.7. The quantitative estimate of drug-likeness (QED) is 0.0513. The lowest BCUT2D eigenvalue weighted by atomic mass is 10.0. The first-order valence-electron chi connectivity index (χ1n) is 18.3. The van der Waals surface area contributed by atoms with Gasteiger partial charge in [0.2, 0.25) is 0 Å². The largest absolute Gasteiger partial charge is 0.493 e. The Balaban J connectivity index is 1.80. The SMILES string of the molecule is CNCc1cc(-c2cc(-c3nc4ccccc4n3COCC[Si](C)(C)C)c(=O)n(COCC[Si](C)(C)C)n2)cc(OC)c1OCOCC[Si](C)(C)C. The topological polar surface area (TPSA) is 111 Å². The molecule has 286 valence electrons. The third-order valence-corrected chi connectivity index (χ3v) is 13.7. The first-order valence-corrected chi connectivity index (χ1v) is 29.4. The van der Waals surface area contributed by atoms with Crippen LogP contribution >= 0.6 is 0 Å². The van der Waals surface area contributed by atoms with Crippen LogP contribution in [0.4, 0.5) is 0 Å². The van der Waals surface area contributed by atoms with Crippen molar-refractivity contribution in [2.24, 2.45) is 0 Å². The van der Waals surface area contributed by atoms with E-state index in [9.17, 15) is 4.79 Å². The average Bonchev–Trinajstić information content (AvgIpc) is 3.42. The molecule has 0 atom stereocenters. The fraction of sp³-hybridized carbons (Fsp3) is 0.553. The summed E-state index contributed by atoms with van der Waals surface area (Å²) in [4.78, 5) is 19.3. The van der Waals surface area contributed by atoms with E-state index < -0.39 is 24.2 Å². The van der Waals surface area contributed by atoms with Crippen LogP contribution in [0.2, 0.25) is 77.1 Å². The molecule has 4 aromatic rings. The molecular weight excluding hydrogens is 707 g/mol. The lowest BCUT2D eigenvalue weighted by Gasteiger charge is -2.19. The normalized spacial score (nSPS) is 12.5. The molecule has 0 fully saturated rings. The molecule has 0 spiro atoms. The molecule has 0 bridgehead atoms. The van der Waals surface area contributed by atoms with Crippen LogP contribution in [-0.2, 0) is 34.2 Å². The van der Waals surface area contributed by atoms with Crippen LogP contribution in [0, 0.1) is 0 Å². The maximum atomic E-state index is 14.3. The van der Waals surface area contributed by atoms with E-state index in [1.807, 2.05) is 54.1 Å². The van der Waals surface area contributed by atoms with E-state index in [1.165, 1.54) is 4.68 Å². The van der Waals surface area contributed by atoms with Gasteiger partial charge in [-0.25, -0.2) is 9.67 Å². The van der Waals surface area contributed by atoms with Gasteiger partial charge in [0, 0.05) is 61.7 Å². The fourth-order valence-corrected chi connectivity index (χ4v) is 7.66. The van der Waals surface area contributed by atoms with E-state index in [2.05, 4.69) is 64.2 Å². The van der Waals surface area contributed by atoms with Crippen molar-refractivity contribution in [3.8, 4) is 34.1 Å². The van der Waals surface area contributed by atoms with E-state index in [0.717, 1.165) is 40.3 Å². The summed E-state index contributed by atoms with van der Waals surface area (Å²) in [6, 6.07) is 16.7. The van der Waals surface area contributed by atoms with Gasteiger partial charge in [-0.1, -0.05) is 71.1 Å². The molecule has 2 aromatic carbocycles. The molecule has 1 N–H and O–H groups in total. The number of nitrogens with one attached hydrogen (secondary N) is 1. The summed E-state index contributed by atoms with van der Waals surface area (Å²) in [5.74, 6) is 1.68. The number of hydrogen-bond donors (Lipinski definition) is 1. The number of fused-ring (bicyclic) bond motifs is 1. The number of benzene rings is 2. The van der Waals surface area contributed by atoms with Crippen LogP contribution in [-0.4, -0.2) is 84.3 Å². The maximum absolute atomic E-state index is 14.3. The Labute approximate surface area is 313 Å². The van der Waals surface area contributed by atoms with Crippen LogP contribution in [0.15, 0.2) is 47.3 Å². The number of rotatable bonds is 21. The van der Waals surface area contributed by atoms with Crippen LogP contribution in [0.3, 0.4) is 0 Å². The molecule has 0 aliphatic carbocycles. The maximum Gasteiger partial charge on any atom is 0.280 e. The molecule has 4 rings (SSSR count). The third-order valence-electron chi connectivity index (χ3n) is 8.59. The molecule has 11 nitrogen and oxygen atoms in total. The second-order valence-electron chi connectivity index (χ2n) is 17.0. The van der Waals surface area contributed by atoms with E-state index in [4.69, 9.17) is 33.8 Å². The van der Waals surface area contributed by atoms with Crippen LogP contribution in [0.1, 0.15) is 5.56 Å². The van der Waals surface area contributed by atoms with Crippen molar-refractivity contribution in [2.45, 2.75) is 97.1 Å². The molecule has 0 amide bonds. The molecule has 0 radical (unpaired) electrons. The minimum atomic E-state index is -1.34. The van der Waals surface area contributed by atoms with Gasteiger partial charge < -0.3 is 29.0 Å². The fourth-order valence-electron chi connectivity index (χ4n) is 5.39. The Morgan fingerprint density at radius 2 is 1.40 bits per heavy atom. The highest BCUT2D eigenvalue weighted by molar-refractivity contribution is 6.76. The monoisotopic (exact) mass is 767 g/mol. The highest BCUT2D eigenvalue weighted by atomic mass is 28.3. The van der Waals surface area contributed by atoms with Gasteiger partial charge in [-0.3, -0.25) is 9.36 Å². The van der Waals surface area contributed by atoms with E-state index >= 15 is 0 Å². The number of methoxy groups -OCH3 is 1. The zero-order valence-corrected chi connectivity index (χ0v) is 36.4. The van der Waals surface area contributed by atoms with Gasteiger partial charge in [0.1, 0.15) is 19.3 Å². The lowest BCUT2D eigenvalue weighted by molar-refractivity contribution is 0.0199. The lowest BCUT2D eigenvalue weighted by Crippen LogP contribution is -2.28. The first kappa shape index (κ1) is 41.6. The van der Waals surface area contributed by atoms with Gasteiger partial charge in [0.15, 0.2) is 18.3 Å². The summed E-state index contributed by atoms with van der Waals surface area (Å²) in [6.07, 6.45) is 0. The highest BCUT2D eigenvalue weighted by Gasteiger charge is 2.22. The van der Waals surface area contributed by atoms with Crippen molar-refractivity contribution in [2.75, 3.05) is 40.8 Å². The van der Waals surface area contributed by atoms with Gasteiger partial charge in [-0.15, -0.1) is 0 Å². The Bertz CT molecular complexity index is 1830. The molecular formula is C38H61N5O6Si3. The van der Waals surface area contributed by atoms with E-state index in [-0.39, 0.29) is 25.8 Å². The van der Waals surface area contributed by atoms with Crippen molar-refractivity contribution < 1.29 is 23.7 Å². The molecule has 0 saturated heterocycles. The van der Waals surface area contributed by atoms with Crippen molar-refractivity contribution in [3.63, 3.8) is 0 Å². The van der Waals surface area contributed by atoms with Gasteiger partial charge >= 0.3 is 0 Å². The Morgan fingerprint density at radius 1 is 0.788 bits per heavy atom. The standard InChI is InChI=1S/C38H61N5O6Si3/c1-39-25-30-22-29(23-35(45-2)36(30)49-28-48-18-21-52(9,10)11)33-24-31(38(44)43(41-33)27-47-17-20-51(6,7)8)37-40-32-14-12-13-15-34(32)42(37)26-46-16-19-50(3,4)5/h12-15,22-24,39H,16-21,25-28H2,1-11H3. The minimum Gasteiger partial charge on any atom is -0.493 e. The van der Waals surface area contributed by atoms with Crippen molar-refractivity contribution in [1.82, 2.24) is 24.6 Å². The van der Waals surface area contributed by atoms with Crippen molar-refractivity contribution in [1.29, 1.82) is 0 Å². The number of ether oxygens (including phenoxy) is 5. The molecule has 52 heavy (non-hydrogen) atoms. The van der Waals surface area contributed by atoms with Gasteiger partial charge in [0.25, 0.3) is 5.56 Å². The molecule has 0 aliphatic rings. The first-order chi connectivity index (χ1) is 24.5.